The molecule has 4 N–H and O–H groups in total. The second-order valence-corrected chi connectivity index (χ2v) is 6.81. The third kappa shape index (κ3) is 11.2. The third-order valence-electron chi connectivity index (χ3n) is 3.87. The molecule has 0 aliphatic carbocycles. The van der Waals surface area contributed by atoms with Gasteiger partial charge in [0.05, 0.1) is 19.3 Å². The van der Waals surface area contributed by atoms with Gasteiger partial charge in [-0.15, -0.1) is 0 Å². The summed E-state index contributed by atoms with van der Waals surface area (Å²) >= 11 is 5.83. The predicted molar refractivity (Wildman–Crippen MR) is 110 cm³/mol. The number of nitrogens with one attached hydrogen (secondary N) is 1. The van der Waals surface area contributed by atoms with Gasteiger partial charge in [0, 0.05) is 18.1 Å². The van der Waals surface area contributed by atoms with Crippen LogP contribution < -0.4 is 5.32 Å². The van der Waals surface area contributed by atoms with E-state index in [0.717, 1.165) is 12.1 Å². The molecule has 2 rings (SSSR count). The van der Waals surface area contributed by atoms with Crippen molar-refractivity contribution in [2.75, 3.05) is 19.7 Å². The Labute approximate surface area is 174 Å². The average molecular weight is 424 g/mol. The van der Waals surface area contributed by atoms with E-state index in [4.69, 9.17) is 36.1 Å². The summed E-state index contributed by atoms with van der Waals surface area (Å²) in [5, 5.41) is 28.7. The number of aliphatic hydroxyl groups is 1. The van der Waals surface area contributed by atoms with Gasteiger partial charge in [0.15, 0.2) is 0 Å². The van der Waals surface area contributed by atoms with Crippen molar-refractivity contribution in [1.82, 2.24) is 5.32 Å². The minimum atomic E-state index is -1.82. The Morgan fingerprint density at radius 1 is 1.00 bits per heavy atom. The molecule has 0 heterocycles. The highest BCUT2D eigenvalue weighted by molar-refractivity contribution is 6.30. The van der Waals surface area contributed by atoms with Crippen LogP contribution >= 0.6 is 11.6 Å². The zero-order valence-electron chi connectivity index (χ0n) is 16.1. The summed E-state index contributed by atoms with van der Waals surface area (Å²) in [5.74, 6) is -3.23. The van der Waals surface area contributed by atoms with Crippen molar-refractivity contribution in [3.05, 3.63) is 70.7 Å². The molecule has 158 valence electrons. The molecule has 0 aromatic heterocycles. The van der Waals surface area contributed by atoms with E-state index < -0.39 is 18.0 Å². The van der Waals surface area contributed by atoms with E-state index in [1.54, 1.807) is 0 Å². The number of carbonyl (C=O) groups is 2. The molecule has 0 radical (unpaired) electrons. The smallest absolute Gasteiger partial charge is 0.414 e. The van der Waals surface area contributed by atoms with Crippen LogP contribution in [-0.4, -0.2) is 53.1 Å². The molecule has 7 nitrogen and oxygen atoms in total. The van der Waals surface area contributed by atoms with Crippen molar-refractivity contribution in [3.63, 3.8) is 0 Å². The van der Waals surface area contributed by atoms with Crippen LogP contribution in [0.1, 0.15) is 24.0 Å². The minimum absolute atomic E-state index is 0.315. The normalized spacial score (nSPS) is 12.4. The second kappa shape index (κ2) is 13.7. The van der Waals surface area contributed by atoms with Crippen molar-refractivity contribution in [1.29, 1.82) is 0 Å². The van der Waals surface area contributed by atoms with E-state index in [9.17, 15) is 5.11 Å². The Bertz CT molecular complexity index is 727. The standard InChI is InChI=1S/C19H24ClNO2.C2H2O4/c1-15(17-5-3-2-4-6-17)11-21-12-19(22)14-23-13-16-7-9-18(20)10-8-16;3-1(4)2(5)6/h2-10,15,19,21-22H,11-14H2,1H3;(H,3,4)(H,5,6). The van der Waals surface area contributed by atoms with Gasteiger partial charge < -0.3 is 25.4 Å². The van der Waals surface area contributed by atoms with Crippen LogP contribution in [0.15, 0.2) is 54.6 Å². The highest BCUT2D eigenvalue weighted by Gasteiger charge is 2.08. The fourth-order valence-corrected chi connectivity index (χ4v) is 2.44. The van der Waals surface area contributed by atoms with Crippen molar-refractivity contribution in [3.8, 4) is 0 Å². The van der Waals surface area contributed by atoms with Crippen LogP contribution in [0, 0.1) is 0 Å². The third-order valence-corrected chi connectivity index (χ3v) is 4.13. The van der Waals surface area contributed by atoms with Gasteiger partial charge in [-0.2, -0.15) is 0 Å². The fraction of sp³-hybridized carbons (Fsp3) is 0.333. The van der Waals surface area contributed by atoms with Crippen molar-refractivity contribution in [2.24, 2.45) is 0 Å². The number of aliphatic hydroxyl groups excluding tert-OH is 1. The highest BCUT2D eigenvalue weighted by atomic mass is 35.5. The molecule has 0 aliphatic heterocycles. The number of halogens is 1. The molecule has 0 spiro atoms. The SMILES string of the molecule is CC(CNCC(O)COCc1ccc(Cl)cc1)c1ccccc1.O=C(O)C(=O)O. The average Bonchev–Trinajstić information content (AvgIpc) is 2.70. The largest absolute Gasteiger partial charge is 0.473 e. The molecule has 8 heteroatoms. The zero-order valence-corrected chi connectivity index (χ0v) is 16.9. The maximum atomic E-state index is 9.95. The van der Waals surface area contributed by atoms with Crippen molar-refractivity contribution in [2.45, 2.75) is 25.6 Å². The summed E-state index contributed by atoms with van der Waals surface area (Å²) in [7, 11) is 0. The summed E-state index contributed by atoms with van der Waals surface area (Å²) in [6.45, 7) is 4.33. The van der Waals surface area contributed by atoms with E-state index in [1.165, 1.54) is 5.56 Å². The maximum Gasteiger partial charge on any atom is 0.414 e. The maximum absolute atomic E-state index is 9.95. The first-order valence-electron chi connectivity index (χ1n) is 9.01. The number of aliphatic carboxylic acids is 2. The molecular formula is C21H26ClNO6. The van der Waals surface area contributed by atoms with Gasteiger partial charge in [0.2, 0.25) is 0 Å². The molecule has 29 heavy (non-hydrogen) atoms. The summed E-state index contributed by atoms with van der Waals surface area (Å²) in [6.07, 6.45) is -0.509. The molecule has 2 aromatic rings. The Kier molecular flexibility index (Phi) is 11.6. The molecule has 2 aromatic carbocycles. The number of benzene rings is 2. The molecule has 2 unspecified atom stereocenters. The molecule has 0 fully saturated rings. The summed E-state index contributed by atoms with van der Waals surface area (Å²) in [6, 6.07) is 17.9. The first kappa shape index (κ1) is 24.6. The van der Waals surface area contributed by atoms with Crippen LogP contribution in [0.3, 0.4) is 0 Å². The Balaban J connectivity index is 0.000000612. The molecule has 0 bridgehead atoms. The van der Waals surface area contributed by atoms with Gasteiger partial charge in [0.25, 0.3) is 0 Å². The van der Waals surface area contributed by atoms with Gasteiger partial charge in [-0.3, -0.25) is 0 Å². The van der Waals surface area contributed by atoms with E-state index in [0.29, 0.717) is 30.7 Å². The van der Waals surface area contributed by atoms with Gasteiger partial charge >= 0.3 is 11.9 Å². The van der Waals surface area contributed by atoms with Crippen molar-refractivity contribution >= 4 is 23.5 Å². The van der Waals surface area contributed by atoms with Gasteiger partial charge in [-0.25, -0.2) is 9.59 Å². The first-order chi connectivity index (χ1) is 13.8. The molecule has 0 saturated heterocycles. The Morgan fingerprint density at radius 3 is 2.14 bits per heavy atom. The van der Waals surface area contributed by atoms with Crippen molar-refractivity contribution < 1.29 is 29.6 Å². The van der Waals surface area contributed by atoms with Gasteiger partial charge in [-0.1, -0.05) is 61.0 Å². The van der Waals surface area contributed by atoms with Gasteiger partial charge in [0.1, 0.15) is 0 Å². The Hall–Kier alpha value is -2.45. The first-order valence-corrected chi connectivity index (χ1v) is 9.39. The number of hydrogen-bond acceptors (Lipinski definition) is 5. The lowest BCUT2D eigenvalue weighted by molar-refractivity contribution is -0.159. The van der Waals surface area contributed by atoms with Crippen LogP contribution in [-0.2, 0) is 20.9 Å². The fourth-order valence-electron chi connectivity index (χ4n) is 2.32. The van der Waals surface area contributed by atoms with E-state index in [2.05, 4.69) is 24.4 Å². The van der Waals surface area contributed by atoms with Crippen LogP contribution in [0.25, 0.3) is 0 Å². The zero-order chi connectivity index (χ0) is 21.6. The minimum Gasteiger partial charge on any atom is -0.473 e. The summed E-state index contributed by atoms with van der Waals surface area (Å²) < 4.78 is 5.53. The van der Waals surface area contributed by atoms with Crippen LogP contribution in [0.5, 0.6) is 0 Å². The molecule has 0 amide bonds. The molecule has 0 aliphatic rings. The van der Waals surface area contributed by atoms with Gasteiger partial charge in [-0.05, 0) is 29.2 Å². The lowest BCUT2D eigenvalue weighted by Crippen LogP contribution is -2.32. The topological polar surface area (TPSA) is 116 Å². The predicted octanol–water partition coefficient (Wildman–Crippen LogP) is 2.77. The Morgan fingerprint density at radius 2 is 1.59 bits per heavy atom. The lowest BCUT2D eigenvalue weighted by atomic mass is 10.0. The number of carboxylic acid groups (broad SMARTS) is 2. The summed E-state index contributed by atoms with van der Waals surface area (Å²) in [5.41, 5.74) is 2.35. The quantitative estimate of drug-likeness (QED) is 0.458. The highest BCUT2D eigenvalue weighted by Crippen LogP contribution is 2.13. The lowest BCUT2D eigenvalue weighted by Gasteiger charge is -2.16. The number of ether oxygens (including phenoxy) is 1. The molecular weight excluding hydrogens is 398 g/mol. The summed E-state index contributed by atoms with van der Waals surface area (Å²) in [4.78, 5) is 18.2. The van der Waals surface area contributed by atoms with Crippen LogP contribution in [0.4, 0.5) is 0 Å². The van der Waals surface area contributed by atoms with Crippen LogP contribution in [0.2, 0.25) is 5.02 Å². The molecule has 2 atom stereocenters. The molecule has 0 saturated carbocycles. The second-order valence-electron chi connectivity index (χ2n) is 6.38. The van der Waals surface area contributed by atoms with E-state index in [1.807, 2.05) is 42.5 Å². The number of carboxylic acids is 2. The van der Waals surface area contributed by atoms with E-state index >= 15 is 0 Å². The number of rotatable bonds is 9. The monoisotopic (exact) mass is 423 g/mol. The number of hydrogen-bond donors (Lipinski definition) is 4. The van der Waals surface area contributed by atoms with E-state index in [-0.39, 0.29) is 0 Å².